The number of amides is 3. The largest absolute Gasteiger partial charge is 0.467 e. The average Bonchev–Trinajstić information content (AvgIpc) is 3.33. The first-order valence-electron chi connectivity index (χ1n) is 7.94. The molecule has 3 amide bonds. The second kappa shape index (κ2) is 6.25. The monoisotopic (exact) mass is 355 g/mol. The molecule has 6 nitrogen and oxygen atoms in total. The van der Waals surface area contributed by atoms with E-state index in [1.54, 1.807) is 39.5 Å². The van der Waals surface area contributed by atoms with Gasteiger partial charge in [0.25, 0.3) is 5.91 Å². The molecule has 1 atom stereocenters. The molecule has 1 N–H and O–H groups in total. The van der Waals surface area contributed by atoms with E-state index in [9.17, 15) is 9.59 Å². The Balaban J connectivity index is 1.71. The molecule has 25 heavy (non-hydrogen) atoms. The topological polar surface area (TPSA) is 65.8 Å². The molecule has 0 fully saturated rings. The quantitative estimate of drug-likeness (QED) is 0.839. The zero-order chi connectivity index (χ0) is 17.4. The molecule has 0 aromatic carbocycles. The number of thiophene rings is 1. The van der Waals surface area contributed by atoms with E-state index < -0.39 is 6.04 Å². The number of nitrogens with one attached hydrogen (secondary N) is 1. The average molecular weight is 355 g/mol. The normalized spacial score (nSPS) is 20.1. The van der Waals surface area contributed by atoms with Crippen molar-refractivity contribution in [3.63, 3.8) is 0 Å². The van der Waals surface area contributed by atoms with Crippen molar-refractivity contribution in [3.05, 3.63) is 70.5 Å². The Hall–Kier alpha value is -2.80. The van der Waals surface area contributed by atoms with Crippen LogP contribution in [0.5, 0.6) is 0 Å². The van der Waals surface area contributed by atoms with Gasteiger partial charge in [0.15, 0.2) is 0 Å². The predicted molar refractivity (Wildman–Crippen MR) is 93.6 cm³/mol. The van der Waals surface area contributed by atoms with Gasteiger partial charge in [-0.3, -0.25) is 9.69 Å². The molecule has 2 aliphatic rings. The highest BCUT2D eigenvalue weighted by Gasteiger charge is 2.43. The summed E-state index contributed by atoms with van der Waals surface area (Å²) in [6, 6.07) is 4.95. The van der Waals surface area contributed by atoms with Gasteiger partial charge in [-0.1, -0.05) is 6.08 Å². The third-order valence-corrected chi connectivity index (χ3v) is 5.11. The summed E-state index contributed by atoms with van der Waals surface area (Å²) >= 11 is 1.54. The smallest absolute Gasteiger partial charge is 0.322 e. The van der Waals surface area contributed by atoms with Crippen molar-refractivity contribution >= 4 is 23.3 Å². The summed E-state index contributed by atoms with van der Waals surface area (Å²) in [7, 11) is 0. The zero-order valence-corrected chi connectivity index (χ0v) is 14.3. The third kappa shape index (κ3) is 2.66. The van der Waals surface area contributed by atoms with Gasteiger partial charge in [-0.05, 0) is 34.5 Å². The van der Waals surface area contributed by atoms with Crippen LogP contribution in [-0.4, -0.2) is 34.8 Å². The fourth-order valence-electron chi connectivity index (χ4n) is 3.28. The number of hydrogen-bond acceptors (Lipinski definition) is 4. The summed E-state index contributed by atoms with van der Waals surface area (Å²) in [6.07, 6.45) is 3.25. The molecule has 2 aliphatic heterocycles. The molecule has 0 spiro atoms. The van der Waals surface area contributed by atoms with Gasteiger partial charge in [-0.15, -0.1) is 6.58 Å². The highest BCUT2D eigenvalue weighted by atomic mass is 32.1. The molecule has 0 unspecified atom stereocenters. The summed E-state index contributed by atoms with van der Waals surface area (Å²) in [6.45, 7) is 4.84. The van der Waals surface area contributed by atoms with E-state index in [2.05, 4.69) is 11.9 Å². The van der Waals surface area contributed by atoms with E-state index in [-0.39, 0.29) is 11.9 Å². The zero-order valence-electron chi connectivity index (χ0n) is 13.5. The molecular formula is C18H17N3O3S. The highest BCUT2D eigenvalue weighted by Crippen LogP contribution is 2.37. The molecular weight excluding hydrogens is 338 g/mol. The van der Waals surface area contributed by atoms with Crippen molar-refractivity contribution in [3.8, 4) is 0 Å². The maximum atomic E-state index is 13.1. The number of carbonyl (C=O) groups is 2. The maximum Gasteiger partial charge on any atom is 0.322 e. The molecule has 0 aliphatic carbocycles. The van der Waals surface area contributed by atoms with Crippen molar-refractivity contribution < 1.29 is 14.0 Å². The van der Waals surface area contributed by atoms with E-state index in [1.165, 1.54) is 0 Å². The lowest BCUT2D eigenvalue weighted by Gasteiger charge is -2.32. The lowest BCUT2D eigenvalue weighted by molar-refractivity contribution is -0.126. The first-order valence-corrected chi connectivity index (χ1v) is 8.89. The minimum atomic E-state index is -0.413. The van der Waals surface area contributed by atoms with Crippen LogP contribution in [0.1, 0.15) is 17.4 Å². The van der Waals surface area contributed by atoms with Crippen LogP contribution in [0.4, 0.5) is 4.79 Å². The molecule has 4 rings (SSSR count). The van der Waals surface area contributed by atoms with Crippen molar-refractivity contribution in [1.29, 1.82) is 0 Å². The molecule has 0 bridgehead atoms. The Kier molecular flexibility index (Phi) is 3.93. The second-order valence-corrected chi connectivity index (χ2v) is 6.72. The fourth-order valence-corrected chi connectivity index (χ4v) is 3.96. The van der Waals surface area contributed by atoms with Crippen molar-refractivity contribution in [2.24, 2.45) is 0 Å². The number of urea groups is 1. The van der Waals surface area contributed by atoms with Gasteiger partial charge in [0.1, 0.15) is 5.76 Å². The summed E-state index contributed by atoms with van der Waals surface area (Å²) < 4.78 is 5.37. The summed E-state index contributed by atoms with van der Waals surface area (Å²) in [5.74, 6) is 0.645. The summed E-state index contributed by atoms with van der Waals surface area (Å²) in [5, 5.41) is 6.85. The molecule has 0 saturated heterocycles. The first-order chi connectivity index (χ1) is 12.2. The number of hydrogen-bond donors (Lipinski definition) is 1. The van der Waals surface area contributed by atoms with Gasteiger partial charge in [-0.25, -0.2) is 4.79 Å². The minimum Gasteiger partial charge on any atom is -0.467 e. The van der Waals surface area contributed by atoms with Gasteiger partial charge in [0.2, 0.25) is 0 Å². The van der Waals surface area contributed by atoms with Crippen LogP contribution >= 0.6 is 11.3 Å². The van der Waals surface area contributed by atoms with Crippen LogP contribution < -0.4 is 5.32 Å². The Morgan fingerprint density at radius 2 is 2.28 bits per heavy atom. The number of rotatable bonds is 5. The second-order valence-electron chi connectivity index (χ2n) is 5.94. The van der Waals surface area contributed by atoms with Gasteiger partial charge in [0.05, 0.1) is 36.7 Å². The lowest BCUT2D eigenvalue weighted by atomic mass is 9.98. The molecule has 0 saturated carbocycles. The van der Waals surface area contributed by atoms with Crippen molar-refractivity contribution in [2.45, 2.75) is 12.6 Å². The molecule has 128 valence electrons. The Morgan fingerprint density at radius 3 is 2.96 bits per heavy atom. The molecule has 4 heterocycles. The predicted octanol–water partition coefficient (Wildman–Crippen LogP) is 2.89. The number of furan rings is 1. The highest BCUT2D eigenvalue weighted by molar-refractivity contribution is 7.08. The minimum absolute atomic E-state index is 0.0725. The summed E-state index contributed by atoms with van der Waals surface area (Å²) in [5.41, 5.74) is 2.31. The van der Waals surface area contributed by atoms with Crippen LogP contribution in [0, 0.1) is 0 Å². The van der Waals surface area contributed by atoms with Crippen molar-refractivity contribution in [1.82, 2.24) is 15.1 Å². The lowest BCUT2D eigenvalue weighted by Crippen LogP contribution is -2.47. The SMILES string of the molecule is C=CCN1C(=O)N[C@@H](c2ccsc2)C2=C1CN(Cc1ccco1)C2=O. The fraction of sp³-hybridized carbons (Fsp3) is 0.222. The van der Waals surface area contributed by atoms with Crippen LogP contribution in [0.15, 0.2) is 63.6 Å². The first kappa shape index (κ1) is 15.7. The summed E-state index contributed by atoms with van der Waals surface area (Å²) in [4.78, 5) is 28.9. The van der Waals surface area contributed by atoms with Crippen LogP contribution in [0.2, 0.25) is 0 Å². The van der Waals surface area contributed by atoms with E-state index in [1.807, 2.05) is 22.9 Å². The Morgan fingerprint density at radius 1 is 1.40 bits per heavy atom. The van der Waals surface area contributed by atoms with E-state index in [0.29, 0.717) is 25.2 Å². The van der Waals surface area contributed by atoms with E-state index in [0.717, 1.165) is 17.0 Å². The third-order valence-electron chi connectivity index (χ3n) is 4.41. The Bertz CT molecular complexity index is 839. The molecule has 0 radical (unpaired) electrons. The number of nitrogens with zero attached hydrogens (tertiary/aromatic N) is 2. The van der Waals surface area contributed by atoms with Gasteiger partial charge >= 0.3 is 6.03 Å². The van der Waals surface area contributed by atoms with E-state index >= 15 is 0 Å². The molecule has 2 aromatic rings. The van der Waals surface area contributed by atoms with Crippen LogP contribution in [-0.2, 0) is 11.3 Å². The van der Waals surface area contributed by atoms with Crippen molar-refractivity contribution in [2.75, 3.05) is 13.1 Å². The van der Waals surface area contributed by atoms with Crippen LogP contribution in [0.3, 0.4) is 0 Å². The van der Waals surface area contributed by atoms with Crippen LogP contribution in [0.25, 0.3) is 0 Å². The van der Waals surface area contributed by atoms with Gasteiger partial charge < -0.3 is 14.6 Å². The number of carbonyl (C=O) groups excluding carboxylic acids is 2. The standard InChI is InChI=1S/C18H17N3O3S/c1-2-6-21-14-10-20(9-13-4-3-7-24-13)17(22)15(14)16(19-18(21)23)12-5-8-25-11-12/h2-5,7-8,11,16H,1,6,9-10H2,(H,19,23)/t16-/m0/s1. The Labute approximate surface area is 149 Å². The van der Waals surface area contributed by atoms with Gasteiger partial charge in [0, 0.05) is 6.54 Å². The van der Waals surface area contributed by atoms with E-state index in [4.69, 9.17) is 4.42 Å². The maximum absolute atomic E-state index is 13.1. The molecule has 2 aromatic heterocycles. The van der Waals surface area contributed by atoms with Gasteiger partial charge in [-0.2, -0.15) is 11.3 Å². The molecule has 7 heteroatoms.